The molecule has 0 aliphatic carbocycles. The van der Waals surface area contributed by atoms with Crippen molar-refractivity contribution >= 4 is 11.4 Å². The van der Waals surface area contributed by atoms with Gasteiger partial charge in [0.25, 0.3) is 5.91 Å². The molecule has 196 valence electrons. The number of aryl methyl sites for hydroxylation is 2. The smallest absolute Gasteiger partial charge is 0.258 e. The van der Waals surface area contributed by atoms with E-state index in [2.05, 4.69) is 10.2 Å². The average molecular weight is 512 g/mol. The topological polar surface area (TPSA) is 55.4 Å². The van der Waals surface area contributed by atoms with Gasteiger partial charge in [0.1, 0.15) is 0 Å². The fraction of sp³-hybridized carbons (Fsp3) is 0.393. The van der Waals surface area contributed by atoms with E-state index in [1.165, 1.54) is 0 Å². The van der Waals surface area contributed by atoms with E-state index in [1.54, 1.807) is 22.4 Å². The summed E-state index contributed by atoms with van der Waals surface area (Å²) >= 11 is 0. The third-order valence-corrected chi connectivity index (χ3v) is 6.91. The van der Waals surface area contributed by atoms with Gasteiger partial charge in [-0.3, -0.25) is 9.48 Å². The molecule has 1 aliphatic heterocycles. The Morgan fingerprint density at radius 1 is 1.08 bits per heavy atom. The van der Waals surface area contributed by atoms with Crippen molar-refractivity contribution in [2.75, 3.05) is 0 Å². The first kappa shape index (κ1) is 26.4. The van der Waals surface area contributed by atoms with E-state index in [1.807, 2.05) is 57.8 Å². The van der Waals surface area contributed by atoms with Crippen LogP contribution < -0.4 is 0 Å². The molecule has 0 radical (unpaired) electrons. The highest BCUT2D eigenvalue weighted by atomic mass is 19.2. The first-order valence-electron chi connectivity index (χ1n) is 12.7. The lowest BCUT2D eigenvalue weighted by Crippen LogP contribution is -2.47. The molecule has 1 aliphatic rings. The molecule has 0 saturated carbocycles. The fourth-order valence-corrected chi connectivity index (χ4v) is 5.26. The number of nitrogens with zero attached hydrogens (tertiary/aromatic N) is 5. The number of carbonyl (C=O) groups excluding carboxylic acids is 1. The maximum absolute atomic E-state index is 14.1. The second kappa shape index (κ2) is 10.4. The van der Waals surface area contributed by atoms with E-state index in [4.69, 9.17) is 0 Å². The number of amides is 1. The number of benzene rings is 1. The van der Waals surface area contributed by atoms with Crippen molar-refractivity contribution in [2.24, 2.45) is 7.05 Å². The second-order valence-electron chi connectivity index (χ2n) is 9.09. The summed E-state index contributed by atoms with van der Waals surface area (Å²) in [5.74, 6) is -4.11. The van der Waals surface area contributed by atoms with E-state index < -0.39 is 17.5 Å². The molecular weight excluding hydrogens is 479 g/mol. The van der Waals surface area contributed by atoms with Gasteiger partial charge in [0.05, 0.1) is 34.7 Å². The van der Waals surface area contributed by atoms with Gasteiger partial charge in [0.2, 0.25) is 0 Å². The van der Waals surface area contributed by atoms with E-state index >= 15 is 0 Å². The van der Waals surface area contributed by atoms with Gasteiger partial charge in [-0.2, -0.15) is 10.2 Å². The highest BCUT2D eigenvalue weighted by Gasteiger charge is 2.40. The van der Waals surface area contributed by atoms with Gasteiger partial charge in [-0.25, -0.2) is 17.7 Å². The number of pyridine rings is 1. The lowest BCUT2D eigenvalue weighted by molar-refractivity contribution is 0.0515. The van der Waals surface area contributed by atoms with Crippen LogP contribution in [0.3, 0.4) is 0 Å². The Balaban J connectivity index is 0.00000156. The molecule has 0 saturated heterocycles. The van der Waals surface area contributed by atoms with Crippen LogP contribution in [0.5, 0.6) is 0 Å². The average Bonchev–Trinajstić information content (AvgIpc) is 3.46. The summed E-state index contributed by atoms with van der Waals surface area (Å²) in [6.45, 7) is 9.96. The third kappa shape index (κ3) is 4.40. The zero-order valence-electron chi connectivity index (χ0n) is 22.0. The standard InChI is InChI=1S/C26H26F3N5O.C2H6/c1-5-16-11-17-24(31-32(4)25(17)15-9-19(27)23(29)20(28)10-15)21(6-2)34(16)26(35)18-12-30-33-13-14(3)7-8-22(18)33;1-2/h7-10,12-13,16,21H,5-6,11H2,1-4H3;1-2H3. The molecule has 1 amide bonds. The van der Waals surface area contributed by atoms with Crippen LogP contribution in [0.15, 0.2) is 36.7 Å². The molecule has 3 aromatic heterocycles. The molecule has 0 N–H and O–H groups in total. The lowest BCUT2D eigenvalue weighted by Gasteiger charge is -2.41. The summed E-state index contributed by atoms with van der Waals surface area (Å²) in [7, 11) is 1.69. The van der Waals surface area contributed by atoms with Gasteiger partial charge in [-0.1, -0.05) is 33.8 Å². The van der Waals surface area contributed by atoms with Crippen molar-refractivity contribution in [3.05, 3.63) is 76.5 Å². The van der Waals surface area contributed by atoms with E-state index in [0.29, 0.717) is 36.2 Å². The zero-order chi connectivity index (χ0) is 27.0. The van der Waals surface area contributed by atoms with Crippen molar-refractivity contribution in [1.29, 1.82) is 0 Å². The highest BCUT2D eigenvalue weighted by Crippen LogP contribution is 2.41. The van der Waals surface area contributed by atoms with Crippen LogP contribution in [0.4, 0.5) is 13.2 Å². The Hall–Kier alpha value is -3.62. The summed E-state index contributed by atoms with van der Waals surface area (Å²) in [5, 5.41) is 9.05. The molecule has 0 fully saturated rings. The molecule has 5 rings (SSSR count). The summed E-state index contributed by atoms with van der Waals surface area (Å²) < 4.78 is 45.0. The summed E-state index contributed by atoms with van der Waals surface area (Å²) in [4.78, 5) is 15.8. The number of aromatic nitrogens is 4. The first-order chi connectivity index (χ1) is 17.7. The van der Waals surface area contributed by atoms with Gasteiger partial charge in [-0.15, -0.1) is 0 Å². The van der Waals surface area contributed by atoms with E-state index in [9.17, 15) is 18.0 Å². The zero-order valence-corrected chi connectivity index (χ0v) is 22.0. The van der Waals surface area contributed by atoms with Crippen LogP contribution in [-0.4, -0.2) is 36.2 Å². The quantitative estimate of drug-likeness (QED) is 0.297. The Bertz CT molecular complexity index is 1430. The minimum Gasteiger partial charge on any atom is -0.327 e. The third-order valence-electron chi connectivity index (χ3n) is 6.91. The van der Waals surface area contributed by atoms with Crippen LogP contribution in [0.1, 0.15) is 73.8 Å². The van der Waals surface area contributed by atoms with Gasteiger partial charge in [0, 0.05) is 30.4 Å². The monoisotopic (exact) mass is 511 g/mol. The van der Waals surface area contributed by atoms with Crippen LogP contribution >= 0.6 is 0 Å². The maximum atomic E-state index is 14.1. The normalized spacial score (nSPS) is 16.9. The van der Waals surface area contributed by atoms with Crippen molar-refractivity contribution in [2.45, 2.75) is 66.0 Å². The van der Waals surface area contributed by atoms with E-state index in [-0.39, 0.29) is 23.6 Å². The van der Waals surface area contributed by atoms with Gasteiger partial charge >= 0.3 is 0 Å². The Morgan fingerprint density at radius 3 is 2.38 bits per heavy atom. The molecule has 0 bridgehead atoms. The van der Waals surface area contributed by atoms with Crippen LogP contribution in [0, 0.1) is 24.4 Å². The predicted molar refractivity (Wildman–Crippen MR) is 137 cm³/mol. The molecular formula is C28H32F3N5O. The van der Waals surface area contributed by atoms with Crippen LogP contribution in [0.2, 0.25) is 0 Å². The Labute approximate surface area is 214 Å². The van der Waals surface area contributed by atoms with Crippen LogP contribution in [0.25, 0.3) is 16.8 Å². The van der Waals surface area contributed by atoms with Crippen molar-refractivity contribution < 1.29 is 18.0 Å². The Kier molecular flexibility index (Phi) is 7.43. The molecule has 0 spiro atoms. The number of hydrogen-bond acceptors (Lipinski definition) is 3. The summed E-state index contributed by atoms with van der Waals surface area (Å²) in [5.41, 5.74) is 4.57. The van der Waals surface area contributed by atoms with Crippen molar-refractivity contribution in [3.8, 4) is 11.3 Å². The van der Waals surface area contributed by atoms with Gasteiger partial charge < -0.3 is 4.90 Å². The molecule has 2 unspecified atom stereocenters. The first-order valence-corrected chi connectivity index (χ1v) is 12.7. The predicted octanol–water partition coefficient (Wildman–Crippen LogP) is 6.41. The molecule has 37 heavy (non-hydrogen) atoms. The molecule has 1 aromatic carbocycles. The minimum atomic E-state index is -1.50. The van der Waals surface area contributed by atoms with Crippen LogP contribution in [-0.2, 0) is 13.5 Å². The molecule has 2 atom stereocenters. The Morgan fingerprint density at radius 2 is 1.76 bits per heavy atom. The van der Waals surface area contributed by atoms with Gasteiger partial charge in [-0.05, 0) is 49.9 Å². The number of fused-ring (bicyclic) bond motifs is 2. The number of hydrogen-bond donors (Lipinski definition) is 0. The highest BCUT2D eigenvalue weighted by molar-refractivity contribution is 6.01. The fourth-order valence-electron chi connectivity index (χ4n) is 5.26. The maximum Gasteiger partial charge on any atom is 0.258 e. The van der Waals surface area contributed by atoms with Gasteiger partial charge in [0.15, 0.2) is 17.5 Å². The molecule has 4 aromatic rings. The number of halogens is 3. The number of rotatable bonds is 4. The second-order valence-corrected chi connectivity index (χ2v) is 9.09. The molecule has 9 heteroatoms. The minimum absolute atomic E-state index is 0.126. The largest absolute Gasteiger partial charge is 0.327 e. The summed E-state index contributed by atoms with van der Waals surface area (Å²) in [6, 6.07) is 5.35. The lowest BCUT2D eigenvalue weighted by atomic mass is 9.87. The molecule has 6 nitrogen and oxygen atoms in total. The SMILES string of the molecule is CC.CCC1Cc2c(nn(C)c2-c2cc(F)c(F)c(F)c2)C(CC)N1C(=O)c1cnn2cc(C)ccc12. The summed E-state index contributed by atoms with van der Waals surface area (Å²) in [6.07, 6.45) is 5.23. The number of carbonyl (C=O) groups is 1. The van der Waals surface area contributed by atoms with Crippen molar-refractivity contribution in [1.82, 2.24) is 24.3 Å². The molecule has 4 heterocycles. The van der Waals surface area contributed by atoms with Crippen molar-refractivity contribution in [3.63, 3.8) is 0 Å². The van der Waals surface area contributed by atoms with E-state index in [0.717, 1.165) is 28.8 Å².